The molecule has 1 aromatic carbocycles. The molecule has 20 heavy (non-hydrogen) atoms. The third-order valence-corrected chi connectivity index (χ3v) is 4.35. The molecule has 4 heteroatoms. The van der Waals surface area contributed by atoms with Crippen molar-refractivity contribution in [3.8, 4) is 0 Å². The summed E-state index contributed by atoms with van der Waals surface area (Å²) < 4.78 is 0. The lowest BCUT2D eigenvalue weighted by Gasteiger charge is -2.50. The lowest BCUT2D eigenvalue weighted by atomic mass is 9.79. The van der Waals surface area contributed by atoms with Crippen molar-refractivity contribution in [3.63, 3.8) is 0 Å². The minimum Gasteiger partial charge on any atom is -0.310 e. The maximum Gasteiger partial charge on any atom is 0.0458 e. The Morgan fingerprint density at radius 3 is 2.15 bits per heavy atom. The highest BCUT2D eigenvalue weighted by Crippen LogP contribution is 2.37. The van der Waals surface area contributed by atoms with E-state index in [9.17, 15) is 5.21 Å². The summed E-state index contributed by atoms with van der Waals surface area (Å²) in [5.41, 5.74) is 0.577. The molecule has 0 saturated carbocycles. The molecule has 1 aromatic rings. The Kier molecular flexibility index (Phi) is 4.45. The average Bonchev–Trinajstić information content (AvgIpc) is 2.35. The fraction of sp³-hybridized carbons (Fsp3) is 0.625. The molecule has 0 atom stereocenters. The van der Waals surface area contributed by atoms with Gasteiger partial charge in [0.15, 0.2) is 0 Å². The topological polar surface area (TPSA) is 35.2 Å². The van der Waals surface area contributed by atoms with Crippen LogP contribution in [0.25, 0.3) is 0 Å². The van der Waals surface area contributed by atoms with Crippen LogP contribution in [0.4, 0.5) is 0 Å². The Morgan fingerprint density at radius 2 is 1.65 bits per heavy atom. The van der Waals surface area contributed by atoms with Crippen molar-refractivity contribution in [2.75, 3.05) is 0 Å². The quantitative estimate of drug-likeness (QED) is 0.920. The maximum atomic E-state index is 12.3. The van der Waals surface area contributed by atoms with E-state index in [0.29, 0.717) is 6.04 Å². The Labute approximate surface area is 126 Å². The molecular formula is C16H24ClN2O. The molecule has 0 aliphatic carbocycles. The van der Waals surface area contributed by atoms with Crippen LogP contribution in [0, 0.1) is 0 Å². The molecule has 0 unspecified atom stereocenters. The van der Waals surface area contributed by atoms with Crippen molar-refractivity contribution in [2.45, 2.75) is 64.2 Å². The van der Waals surface area contributed by atoms with Gasteiger partial charge in [-0.15, -0.1) is 10.3 Å². The van der Waals surface area contributed by atoms with E-state index in [1.165, 1.54) is 10.6 Å². The zero-order valence-electron chi connectivity index (χ0n) is 12.7. The summed E-state index contributed by atoms with van der Waals surface area (Å²) in [7, 11) is 0. The molecule has 1 aliphatic rings. The fourth-order valence-corrected chi connectivity index (χ4v) is 3.40. The van der Waals surface area contributed by atoms with E-state index in [4.69, 9.17) is 11.6 Å². The number of hydroxylamine groups is 2. The minimum atomic E-state index is -0.320. The van der Waals surface area contributed by atoms with Gasteiger partial charge in [-0.3, -0.25) is 0 Å². The monoisotopic (exact) mass is 295 g/mol. The van der Waals surface area contributed by atoms with Crippen LogP contribution in [0.15, 0.2) is 24.3 Å². The van der Waals surface area contributed by atoms with E-state index in [0.717, 1.165) is 24.4 Å². The molecule has 1 aliphatic heterocycles. The second kappa shape index (κ2) is 5.64. The SMILES string of the molecule is CC1(C)CC(NCc2ccc(Cl)cc2)CC(C)(C)N1[O]. The van der Waals surface area contributed by atoms with Crippen LogP contribution in [0.2, 0.25) is 5.02 Å². The number of piperidine rings is 1. The van der Waals surface area contributed by atoms with Crippen LogP contribution < -0.4 is 5.32 Å². The van der Waals surface area contributed by atoms with E-state index in [2.05, 4.69) is 5.32 Å². The second-order valence-corrected chi connectivity index (χ2v) is 7.47. The Bertz CT molecular complexity index is 438. The predicted molar refractivity (Wildman–Crippen MR) is 82.0 cm³/mol. The molecular weight excluding hydrogens is 272 g/mol. The zero-order chi connectivity index (χ0) is 15.0. The largest absolute Gasteiger partial charge is 0.310 e. The first-order chi connectivity index (χ1) is 9.21. The number of nitrogens with zero attached hydrogens (tertiary/aromatic N) is 1. The first-order valence-electron chi connectivity index (χ1n) is 7.16. The van der Waals surface area contributed by atoms with Gasteiger partial charge in [0.1, 0.15) is 0 Å². The Hall–Kier alpha value is -0.610. The van der Waals surface area contributed by atoms with Crippen molar-refractivity contribution < 1.29 is 5.21 Å². The Balaban J connectivity index is 1.98. The zero-order valence-corrected chi connectivity index (χ0v) is 13.5. The van der Waals surface area contributed by atoms with E-state index in [1.807, 2.05) is 52.0 Å². The minimum absolute atomic E-state index is 0.320. The van der Waals surface area contributed by atoms with Crippen molar-refractivity contribution in [3.05, 3.63) is 34.9 Å². The number of hydrogen-bond donors (Lipinski definition) is 1. The van der Waals surface area contributed by atoms with Gasteiger partial charge in [-0.1, -0.05) is 23.7 Å². The molecule has 1 saturated heterocycles. The molecule has 111 valence electrons. The van der Waals surface area contributed by atoms with Gasteiger partial charge in [0.25, 0.3) is 0 Å². The summed E-state index contributed by atoms with van der Waals surface area (Å²) in [6.07, 6.45) is 1.74. The normalized spacial score (nSPS) is 22.9. The first kappa shape index (κ1) is 15.8. The molecule has 0 amide bonds. The summed E-state index contributed by atoms with van der Waals surface area (Å²) >= 11 is 5.89. The van der Waals surface area contributed by atoms with Gasteiger partial charge < -0.3 is 5.32 Å². The van der Waals surface area contributed by atoms with E-state index in [1.54, 1.807) is 0 Å². The van der Waals surface area contributed by atoms with Crippen molar-refractivity contribution in [1.29, 1.82) is 0 Å². The van der Waals surface area contributed by atoms with Crippen LogP contribution in [0.5, 0.6) is 0 Å². The van der Waals surface area contributed by atoms with Gasteiger partial charge in [0.05, 0.1) is 0 Å². The van der Waals surface area contributed by atoms with Crippen LogP contribution in [0.1, 0.15) is 46.1 Å². The third kappa shape index (κ3) is 3.53. The number of benzene rings is 1. The van der Waals surface area contributed by atoms with Crippen molar-refractivity contribution >= 4 is 11.6 Å². The van der Waals surface area contributed by atoms with Crippen molar-refractivity contribution in [2.24, 2.45) is 0 Å². The number of halogens is 1. The van der Waals surface area contributed by atoms with Gasteiger partial charge in [0, 0.05) is 28.7 Å². The Morgan fingerprint density at radius 1 is 1.15 bits per heavy atom. The molecule has 0 bridgehead atoms. The molecule has 0 aromatic heterocycles. The lowest BCUT2D eigenvalue weighted by Crippen LogP contribution is -2.61. The number of hydrogen-bond acceptors (Lipinski definition) is 2. The summed E-state index contributed by atoms with van der Waals surface area (Å²) in [6, 6.07) is 8.25. The molecule has 1 N–H and O–H groups in total. The van der Waals surface area contributed by atoms with Gasteiger partial charge in [-0.05, 0) is 58.2 Å². The van der Waals surface area contributed by atoms with Crippen molar-refractivity contribution in [1.82, 2.24) is 10.4 Å². The van der Waals surface area contributed by atoms with E-state index < -0.39 is 0 Å². The molecule has 1 heterocycles. The first-order valence-corrected chi connectivity index (χ1v) is 7.54. The van der Waals surface area contributed by atoms with Crippen LogP contribution in [-0.2, 0) is 11.8 Å². The maximum absolute atomic E-state index is 12.3. The highest BCUT2D eigenvalue weighted by atomic mass is 35.5. The van der Waals surface area contributed by atoms with Gasteiger partial charge >= 0.3 is 0 Å². The van der Waals surface area contributed by atoms with Gasteiger partial charge in [0.2, 0.25) is 0 Å². The van der Waals surface area contributed by atoms with Crippen LogP contribution >= 0.6 is 11.6 Å². The average molecular weight is 296 g/mol. The lowest BCUT2D eigenvalue weighted by molar-refractivity contribution is -0.290. The predicted octanol–water partition coefficient (Wildman–Crippen LogP) is 3.80. The van der Waals surface area contributed by atoms with Crippen LogP contribution in [-0.4, -0.2) is 22.2 Å². The van der Waals surface area contributed by atoms with Crippen LogP contribution in [0.3, 0.4) is 0 Å². The molecule has 0 spiro atoms. The highest BCUT2D eigenvalue weighted by Gasteiger charge is 2.45. The standard InChI is InChI=1S/C16H24ClN2O/c1-15(2)9-14(10-16(3,4)19(15)20)18-11-12-5-7-13(17)8-6-12/h5-8,14,18H,9-11H2,1-4H3. The molecule has 1 radical (unpaired) electrons. The van der Waals surface area contributed by atoms with Gasteiger partial charge in [-0.25, -0.2) is 0 Å². The molecule has 3 nitrogen and oxygen atoms in total. The summed E-state index contributed by atoms with van der Waals surface area (Å²) in [6.45, 7) is 8.92. The molecule has 2 rings (SSSR count). The van der Waals surface area contributed by atoms with Gasteiger partial charge in [-0.2, -0.15) is 0 Å². The smallest absolute Gasteiger partial charge is 0.0458 e. The summed E-state index contributed by atoms with van der Waals surface area (Å²) in [4.78, 5) is 0. The fourth-order valence-electron chi connectivity index (χ4n) is 3.27. The van der Waals surface area contributed by atoms with E-state index >= 15 is 0 Å². The number of nitrogens with one attached hydrogen (secondary N) is 1. The number of rotatable bonds is 3. The second-order valence-electron chi connectivity index (χ2n) is 7.03. The summed E-state index contributed by atoms with van der Waals surface area (Å²) in [5, 5.41) is 17.9. The summed E-state index contributed by atoms with van der Waals surface area (Å²) in [5.74, 6) is 0. The highest BCUT2D eigenvalue weighted by molar-refractivity contribution is 6.30. The third-order valence-electron chi connectivity index (χ3n) is 4.10. The molecule has 1 fully saturated rings. The van der Waals surface area contributed by atoms with E-state index in [-0.39, 0.29) is 11.1 Å².